The van der Waals surface area contributed by atoms with Gasteiger partial charge in [0, 0.05) is 17.7 Å². The second-order valence-corrected chi connectivity index (χ2v) is 13.1. The van der Waals surface area contributed by atoms with Gasteiger partial charge in [0.15, 0.2) is 11.5 Å². The van der Waals surface area contributed by atoms with Crippen LogP contribution in [0.5, 0.6) is 23.0 Å². The van der Waals surface area contributed by atoms with E-state index in [1.54, 1.807) is 88.5 Å². The molecular formula is C41H57ClO13. The lowest BCUT2D eigenvalue weighted by atomic mass is 10.0. The molecule has 0 saturated carbocycles. The Hall–Kier alpha value is -3.99. The standard InChI is InChI=1S/C12H18O5.C10H13ClO2.C10H14O3.C9H12O3/c1-7(14)12(17-3)8-4-9(6-13)11(15)10(5-8)16-2;1-6-3-4-8(5-9(6)11)10(13)7(2)12;1-7(11)10(12)8-3-5-9(13-2)6-4-8;1-6(10)9(12)7-2-4-8(11)5-3-7/h4-5,7,12-15H,6H2,1-3H3;3-5,7,10,12-13H,1-2H3;3-7,10-12H,1-2H3;2-6,9-12H,1H3/t;7-,10-;;/m.0../s1. The minimum Gasteiger partial charge on any atom is -0.508 e. The SMILES string of the molecule is CC(O)C(O)c1ccc(O)cc1.COc1cc(C(OC)C(C)O)cc(CO)c1O.COc1ccc(C(O)C(C)O)cc1.Cc1ccc([C@@H](O)[C@H](C)O)cc1Cl. The highest BCUT2D eigenvalue weighted by atomic mass is 35.5. The summed E-state index contributed by atoms with van der Waals surface area (Å²) >= 11 is 5.87. The molecule has 55 heavy (non-hydrogen) atoms. The number of aliphatic hydroxyl groups is 8. The summed E-state index contributed by atoms with van der Waals surface area (Å²) in [6.45, 7) is 7.78. The molecule has 10 N–H and O–H groups in total. The highest BCUT2D eigenvalue weighted by molar-refractivity contribution is 6.31. The number of rotatable bonds is 12. The number of hydrogen-bond acceptors (Lipinski definition) is 13. The van der Waals surface area contributed by atoms with Gasteiger partial charge < -0.3 is 65.3 Å². The van der Waals surface area contributed by atoms with Gasteiger partial charge in [0.25, 0.3) is 0 Å². The molecule has 0 saturated heterocycles. The van der Waals surface area contributed by atoms with E-state index in [1.807, 2.05) is 13.0 Å². The van der Waals surface area contributed by atoms with Crippen LogP contribution in [0, 0.1) is 6.92 Å². The molecule has 8 atom stereocenters. The molecule has 0 aliphatic heterocycles. The third-order valence-electron chi connectivity index (χ3n) is 8.19. The zero-order chi connectivity index (χ0) is 42.0. The van der Waals surface area contributed by atoms with Crippen molar-refractivity contribution in [1.29, 1.82) is 0 Å². The predicted octanol–water partition coefficient (Wildman–Crippen LogP) is 4.94. The molecular weight excluding hydrogens is 736 g/mol. The van der Waals surface area contributed by atoms with Crippen LogP contribution >= 0.6 is 11.6 Å². The molecule has 0 heterocycles. The van der Waals surface area contributed by atoms with Gasteiger partial charge in [0.05, 0.1) is 45.2 Å². The highest BCUT2D eigenvalue weighted by Crippen LogP contribution is 2.35. The van der Waals surface area contributed by atoms with Crippen molar-refractivity contribution in [3.63, 3.8) is 0 Å². The molecule has 0 amide bonds. The minimum absolute atomic E-state index is 0.0980. The summed E-state index contributed by atoms with van der Waals surface area (Å²) < 4.78 is 15.1. The summed E-state index contributed by atoms with van der Waals surface area (Å²) in [4.78, 5) is 0. The maximum atomic E-state index is 9.72. The Morgan fingerprint density at radius 2 is 1.02 bits per heavy atom. The Morgan fingerprint density at radius 1 is 0.564 bits per heavy atom. The van der Waals surface area contributed by atoms with E-state index < -0.39 is 48.8 Å². The van der Waals surface area contributed by atoms with Crippen molar-refractivity contribution < 1.29 is 65.3 Å². The molecule has 6 unspecified atom stereocenters. The molecule has 0 spiro atoms. The third-order valence-corrected chi connectivity index (χ3v) is 8.59. The van der Waals surface area contributed by atoms with Crippen molar-refractivity contribution >= 4 is 11.6 Å². The smallest absolute Gasteiger partial charge is 0.163 e. The fraction of sp³-hybridized carbons (Fsp3) is 0.415. The fourth-order valence-corrected chi connectivity index (χ4v) is 5.03. The van der Waals surface area contributed by atoms with Crippen LogP contribution in [-0.4, -0.2) is 96.8 Å². The van der Waals surface area contributed by atoms with Crippen LogP contribution in [0.2, 0.25) is 5.02 Å². The monoisotopic (exact) mass is 792 g/mol. The van der Waals surface area contributed by atoms with E-state index in [9.17, 15) is 25.5 Å². The summed E-state index contributed by atoms with van der Waals surface area (Å²) in [5.74, 6) is 1.03. The van der Waals surface area contributed by atoms with Crippen molar-refractivity contribution in [3.05, 3.63) is 117 Å². The molecule has 0 fully saturated rings. The van der Waals surface area contributed by atoms with Crippen LogP contribution in [0.1, 0.15) is 85.5 Å². The maximum Gasteiger partial charge on any atom is 0.163 e. The number of phenols is 2. The topological polar surface area (TPSA) is 230 Å². The number of benzene rings is 4. The molecule has 0 bridgehead atoms. The molecule has 13 nitrogen and oxygen atoms in total. The van der Waals surface area contributed by atoms with Gasteiger partial charge in [-0.1, -0.05) is 48.0 Å². The van der Waals surface area contributed by atoms with Gasteiger partial charge in [-0.3, -0.25) is 0 Å². The number of halogens is 1. The van der Waals surface area contributed by atoms with E-state index in [2.05, 4.69) is 0 Å². The van der Waals surface area contributed by atoms with Gasteiger partial charge in [-0.15, -0.1) is 0 Å². The molecule has 0 aliphatic rings. The van der Waals surface area contributed by atoms with Crippen LogP contribution in [0.4, 0.5) is 0 Å². The van der Waals surface area contributed by atoms with E-state index in [4.69, 9.17) is 51.3 Å². The number of phenolic OH excluding ortho intramolecular Hbond substituents is 1. The third kappa shape index (κ3) is 16.0. The number of ether oxygens (including phenoxy) is 3. The second kappa shape index (κ2) is 24.5. The number of methoxy groups -OCH3 is 3. The van der Waals surface area contributed by atoms with Gasteiger partial charge in [-0.05, 0) is 105 Å². The first kappa shape index (κ1) is 49.0. The molecule has 4 aromatic carbocycles. The Kier molecular flexibility index (Phi) is 21.8. The van der Waals surface area contributed by atoms with E-state index >= 15 is 0 Å². The van der Waals surface area contributed by atoms with E-state index in [0.29, 0.717) is 32.8 Å². The molecule has 0 radical (unpaired) electrons. The van der Waals surface area contributed by atoms with Crippen molar-refractivity contribution in [3.8, 4) is 23.0 Å². The first-order valence-corrected chi connectivity index (χ1v) is 17.7. The van der Waals surface area contributed by atoms with Crippen molar-refractivity contribution in [2.24, 2.45) is 0 Å². The van der Waals surface area contributed by atoms with Gasteiger partial charge in [0.2, 0.25) is 0 Å². The lowest BCUT2D eigenvalue weighted by Crippen LogP contribution is -2.16. The van der Waals surface area contributed by atoms with E-state index in [1.165, 1.54) is 33.3 Å². The Morgan fingerprint density at radius 3 is 1.40 bits per heavy atom. The summed E-state index contributed by atoms with van der Waals surface area (Å²) in [5, 5.41) is 93.6. The predicted molar refractivity (Wildman–Crippen MR) is 209 cm³/mol. The largest absolute Gasteiger partial charge is 0.508 e. The summed E-state index contributed by atoms with van der Waals surface area (Å²) in [5.41, 5.74) is 3.87. The van der Waals surface area contributed by atoms with Crippen LogP contribution in [0.3, 0.4) is 0 Å². The summed E-state index contributed by atoms with van der Waals surface area (Å²) in [6, 6.07) is 21.5. The zero-order valence-electron chi connectivity index (χ0n) is 32.4. The Bertz CT molecular complexity index is 1640. The number of aryl methyl sites for hydroxylation is 1. The lowest BCUT2D eigenvalue weighted by molar-refractivity contribution is -0.00369. The molecule has 4 aromatic rings. The minimum atomic E-state index is -0.884. The molecule has 4 rings (SSSR count). The summed E-state index contributed by atoms with van der Waals surface area (Å²) in [6.07, 6.45) is -6.15. The summed E-state index contributed by atoms with van der Waals surface area (Å²) in [7, 11) is 4.49. The number of aliphatic hydroxyl groups excluding tert-OH is 8. The average molecular weight is 793 g/mol. The molecule has 306 valence electrons. The van der Waals surface area contributed by atoms with Crippen LogP contribution < -0.4 is 9.47 Å². The molecule has 14 heteroatoms. The fourth-order valence-electron chi connectivity index (χ4n) is 4.84. The molecule has 0 aliphatic carbocycles. The van der Waals surface area contributed by atoms with Gasteiger partial charge in [-0.2, -0.15) is 0 Å². The van der Waals surface area contributed by atoms with Crippen LogP contribution in [-0.2, 0) is 11.3 Å². The van der Waals surface area contributed by atoms with Crippen molar-refractivity contribution in [2.45, 2.75) is 90.1 Å². The zero-order valence-corrected chi connectivity index (χ0v) is 33.2. The Labute approximate surface area is 327 Å². The number of hydrogen-bond donors (Lipinski definition) is 10. The van der Waals surface area contributed by atoms with E-state index in [-0.39, 0.29) is 23.9 Å². The number of aromatic hydroxyl groups is 2. The Balaban J connectivity index is 0.000000370. The van der Waals surface area contributed by atoms with E-state index in [0.717, 1.165) is 11.3 Å². The first-order chi connectivity index (χ1) is 25.8. The van der Waals surface area contributed by atoms with Crippen molar-refractivity contribution in [1.82, 2.24) is 0 Å². The average Bonchev–Trinajstić information content (AvgIpc) is 3.16. The van der Waals surface area contributed by atoms with Gasteiger partial charge in [0.1, 0.15) is 35.9 Å². The van der Waals surface area contributed by atoms with Gasteiger partial charge in [-0.25, -0.2) is 0 Å². The van der Waals surface area contributed by atoms with Crippen LogP contribution in [0.15, 0.2) is 78.9 Å². The normalized spacial score (nSPS) is 15.1. The lowest BCUT2D eigenvalue weighted by Gasteiger charge is -2.20. The quantitative estimate of drug-likeness (QED) is 0.0918. The van der Waals surface area contributed by atoms with Gasteiger partial charge >= 0.3 is 0 Å². The molecule has 0 aromatic heterocycles. The second-order valence-electron chi connectivity index (χ2n) is 12.7. The first-order valence-electron chi connectivity index (χ1n) is 17.3. The maximum absolute atomic E-state index is 9.72. The highest BCUT2D eigenvalue weighted by Gasteiger charge is 2.21. The van der Waals surface area contributed by atoms with Crippen LogP contribution in [0.25, 0.3) is 0 Å². The van der Waals surface area contributed by atoms with Crippen molar-refractivity contribution in [2.75, 3.05) is 21.3 Å².